The van der Waals surface area contributed by atoms with E-state index in [2.05, 4.69) is 10.2 Å². The number of esters is 2. The van der Waals surface area contributed by atoms with Crippen LogP contribution in [0.1, 0.15) is 48.0 Å². The zero-order valence-corrected chi connectivity index (χ0v) is 24.6. The number of hydrogen-bond acceptors (Lipinski definition) is 11. The largest absolute Gasteiger partial charge is 0.462 e. The van der Waals surface area contributed by atoms with Gasteiger partial charge in [-0.2, -0.15) is 0 Å². The van der Waals surface area contributed by atoms with Gasteiger partial charge in [0.05, 0.1) is 25.2 Å². The van der Waals surface area contributed by atoms with E-state index in [1.807, 2.05) is 0 Å². The van der Waals surface area contributed by atoms with Crippen molar-refractivity contribution in [2.75, 3.05) is 6.61 Å². The summed E-state index contributed by atoms with van der Waals surface area (Å²) >= 11 is 5.54. The average molecular weight is 616 g/mol. The van der Waals surface area contributed by atoms with E-state index in [-0.39, 0.29) is 0 Å². The first-order valence-electron chi connectivity index (χ1n) is 12.5. The minimum atomic E-state index is -3.79. The molecule has 1 fully saturated rings. The Labute approximate surface area is 235 Å². The molecule has 4 N–H and O–H groups in total. The summed E-state index contributed by atoms with van der Waals surface area (Å²) in [5.41, 5.74) is -2.89. The first-order chi connectivity index (χ1) is 18.4. The number of ether oxygens (including phenoxy) is 3. The summed E-state index contributed by atoms with van der Waals surface area (Å²) in [4.78, 5) is 49.4. The van der Waals surface area contributed by atoms with Crippen LogP contribution >= 0.6 is 6.57 Å². The summed E-state index contributed by atoms with van der Waals surface area (Å²) in [5.74, 6) is -2.86. The van der Waals surface area contributed by atoms with Crippen molar-refractivity contribution >= 4 is 42.0 Å². The standard InChI is InChI=1S/C23H36F2N3O10PS/c1-11(2)36-20(33)13(5)26-39(40,27-14(6)21(34)37-12(3)4)35-10-23(22(24)25)18(32)17(31)19(38-23)28-8-7-15(29)9-16(28)30/h7-8,11-14,17-19,22,31-32H,9-10H2,1-6H3,(H2,26,27,40)/t13-,14-,17+,18+,19+,23+/m0/s1. The molecule has 2 aliphatic heterocycles. The number of amides is 1. The Kier molecular flexibility index (Phi) is 11.9. The lowest BCUT2D eigenvalue weighted by Gasteiger charge is -2.36. The highest BCUT2D eigenvalue weighted by Crippen LogP contribution is 2.45. The van der Waals surface area contributed by atoms with Crippen LogP contribution in [0.25, 0.3) is 0 Å². The molecule has 0 saturated carbocycles. The second-order valence-electron chi connectivity index (χ2n) is 9.96. The molecule has 2 rings (SSSR count). The third-order valence-electron chi connectivity index (χ3n) is 5.74. The Morgan fingerprint density at radius 1 is 1.10 bits per heavy atom. The molecule has 17 heteroatoms. The fourth-order valence-electron chi connectivity index (χ4n) is 3.75. The lowest BCUT2D eigenvalue weighted by molar-refractivity contribution is -0.199. The van der Waals surface area contributed by atoms with Crippen molar-refractivity contribution in [1.29, 1.82) is 0 Å². The molecule has 40 heavy (non-hydrogen) atoms. The van der Waals surface area contributed by atoms with Gasteiger partial charge in [0, 0.05) is 6.20 Å². The van der Waals surface area contributed by atoms with Gasteiger partial charge in [0.25, 0.3) is 6.43 Å². The van der Waals surface area contributed by atoms with Crippen LogP contribution in [0, 0.1) is 0 Å². The maximum Gasteiger partial charge on any atom is 0.323 e. The molecule has 6 atom stereocenters. The van der Waals surface area contributed by atoms with E-state index in [0.717, 1.165) is 17.2 Å². The van der Waals surface area contributed by atoms with E-state index in [4.69, 9.17) is 30.5 Å². The predicted octanol–water partition coefficient (Wildman–Crippen LogP) is 0.484. The topological polar surface area (TPSA) is 173 Å². The number of aliphatic hydroxyl groups is 2. The Morgan fingerprint density at radius 2 is 1.60 bits per heavy atom. The van der Waals surface area contributed by atoms with Crippen LogP contribution in [0.5, 0.6) is 0 Å². The Balaban J connectivity index is 2.35. The van der Waals surface area contributed by atoms with Gasteiger partial charge in [0.15, 0.2) is 24.2 Å². The molecular formula is C23H36F2N3O10PS. The number of halogens is 2. The summed E-state index contributed by atoms with van der Waals surface area (Å²) in [6.07, 6.45) is -9.10. The van der Waals surface area contributed by atoms with Gasteiger partial charge in [-0.3, -0.25) is 24.1 Å². The average Bonchev–Trinajstić information content (AvgIpc) is 3.08. The van der Waals surface area contributed by atoms with Crippen LogP contribution in [0.3, 0.4) is 0 Å². The molecule has 1 amide bonds. The predicted molar refractivity (Wildman–Crippen MR) is 139 cm³/mol. The molecule has 0 aromatic rings. The smallest absolute Gasteiger partial charge is 0.323 e. The van der Waals surface area contributed by atoms with Crippen LogP contribution < -0.4 is 10.2 Å². The zero-order valence-electron chi connectivity index (χ0n) is 22.9. The van der Waals surface area contributed by atoms with Crippen molar-refractivity contribution in [2.45, 2.75) is 103 Å². The van der Waals surface area contributed by atoms with Gasteiger partial charge in [-0.1, -0.05) is 0 Å². The van der Waals surface area contributed by atoms with Crippen molar-refractivity contribution in [1.82, 2.24) is 15.1 Å². The first kappa shape index (κ1) is 34.3. The fraction of sp³-hybridized carbons (Fsp3) is 0.739. The summed E-state index contributed by atoms with van der Waals surface area (Å²) in [6.45, 7) is 4.29. The van der Waals surface area contributed by atoms with Crippen molar-refractivity contribution in [3.05, 3.63) is 12.3 Å². The molecule has 0 aromatic carbocycles. The van der Waals surface area contributed by atoms with Gasteiger partial charge in [-0.05, 0) is 59.4 Å². The van der Waals surface area contributed by atoms with Crippen molar-refractivity contribution in [3.8, 4) is 0 Å². The summed E-state index contributed by atoms with van der Waals surface area (Å²) in [6, 6.07) is -2.25. The highest BCUT2D eigenvalue weighted by molar-refractivity contribution is 8.10. The van der Waals surface area contributed by atoms with Gasteiger partial charge < -0.3 is 28.9 Å². The number of aliphatic hydroxyl groups excluding tert-OH is 2. The molecule has 0 aliphatic carbocycles. The maximum atomic E-state index is 14.5. The highest BCUT2D eigenvalue weighted by atomic mass is 32.4. The van der Waals surface area contributed by atoms with Crippen molar-refractivity contribution in [3.63, 3.8) is 0 Å². The van der Waals surface area contributed by atoms with Crippen molar-refractivity contribution in [2.24, 2.45) is 0 Å². The van der Waals surface area contributed by atoms with E-state index in [1.54, 1.807) is 27.7 Å². The van der Waals surface area contributed by atoms with E-state index in [0.29, 0.717) is 0 Å². The van der Waals surface area contributed by atoms with Crippen LogP contribution in [0.15, 0.2) is 12.3 Å². The second-order valence-corrected chi connectivity index (χ2v) is 13.4. The molecule has 0 aromatic heterocycles. The molecule has 13 nitrogen and oxygen atoms in total. The molecule has 0 unspecified atom stereocenters. The second kappa shape index (κ2) is 13.8. The SMILES string of the molecule is CC(C)OC(=O)[C@H](C)NP(=S)(N[C@@H](C)C(=O)OC(C)C)OC[C@@]1(C(F)F)O[C@@H](N2C=CC(=O)CC2=O)[C@H](O)[C@H]1O. The number of carbonyl (C=O) groups excluding carboxylic acids is 4. The first-order valence-corrected chi connectivity index (χ1v) is 15.2. The Morgan fingerprint density at radius 3 is 2.02 bits per heavy atom. The van der Waals surface area contributed by atoms with Crippen LogP contribution in [0.4, 0.5) is 8.78 Å². The van der Waals surface area contributed by atoms with Crippen LogP contribution in [-0.2, 0) is 49.7 Å². The molecule has 0 radical (unpaired) electrons. The molecule has 0 spiro atoms. The number of alkyl halides is 2. The highest BCUT2D eigenvalue weighted by Gasteiger charge is 2.62. The van der Waals surface area contributed by atoms with E-state index in [1.165, 1.54) is 13.8 Å². The zero-order chi connectivity index (χ0) is 30.6. The number of nitrogens with zero attached hydrogens (tertiary/aromatic N) is 1. The van der Waals surface area contributed by atoms with Gasteiger partial charge in [-0.25, -0.2) is 19.0 Å². The summed E-state index contributed by atoms with van der Waals surface area (Å²) < 4.78 is 50.3. The third kappa shape index (κ3) is 8.32. The summed E-state index contributed by atoms with van der Waals surface area (Å²) in [7, 11) is 0. The van der Waals surface area contributed by atoms with E-state index in [9.17, 15) is 38.2 Å². The Bertz CT molecular complexity index is 1010. The molecule has 2 heterocycles. The van der Waals surface area contributed by atoms with E-state index >= 15 is 0 Å². The number of hydrogen-bond donors (Lipinski definition) is 4. The number of nitrogens with one attached hydrogen (secondary N) is 2. The number of allylic oxidation sites excluding steroid dienone is 1. The van der Waals surface area contributed by atoms with Gasteiger partial charge in [-0.15, -0.1) is 0 Å². The molecule has 228 valence electrons. The van der Waals surface area contributed by atoms with Gasteiger partial charge >= 0.3 is 11.9 Å². The van der Waals surface area contributed by atoms with Crippen LogP contribution in [-0.4, -0.2) is 100 Å². The maximum absolute atomic E-state index is 14.5. The number of rotatable bonds is 13. The lowest BCUT2D eigenvalue weighted by Crippen LogP contribution is -2.53. The Hall–Kier alpha value is -1.91. The molecule has 2 aliphatic rings. The quantitative estimate of drug-likeness (QED) is 0.128. The van der Waals surface area contributed by atoms with E-state index < -0.39 is 98.0 Å². The fourth-order valence-corrected chi connectivity index (χ4v) is 6.70. The minimum absolute atomic E-state index is 0.479. The monoisotopic (exact) mass is 615 g/mol. The molecular weight excluding hydrogens is 579 g/mol. The minimum Gasteiger partial charge on any atom is -0.462 e. The summed E-state index contributed by atoms with van der Waals surface area (Å²) in [5, 5.41) is 26.6. The normalized spacial score (nSPS) is 27.0. The number of ketones is 1. The molecule has 0 bridgehead atoms. The van der Waals surface area contributed by atoms with Crippen molar-refractivity contribution < 1.29 is 56.9 Å². The lowest BCUT2D eigenvalue weighted by atomic mass is 9.96. The third-order valence-corrected chi connectivity index (χ3v) is 8.64. The molecule has 1 saturated heterocycles. The van der Waals surface area contributed by atoms with Gasteiger partial charge in [0.2, 0.25) is 5.91 Å². The van der Waals surface area contributed by atoms with Gasteiger partial charge in [0.1, 0.15) is 24.3 Å². The van der Waals surface area contributed by atoms with Crippen LogP contribution in [0.2, 0.25) is 0 Å². The number of carbonyl (C=O) groups is 4.